The minimum absolute atomic E-state index is 0.0650. The lowest BCUT2D eigenvalue weighted by atomic mass is 9.85. The molecule has 4 nitrogen and oxygen atoms in total. The smallest absolute Gasteiger partial charge is 0.237 e. The molecule has 3 rings (SSSR count). The number of hydrogen-bond donors (Lipinski definition) is 3. The monoisotopic (exact) mass is 265 g/mol. The van der Waals surface area contributed by atoms with E-state index in [2.05, 4.69) is 22.9 Å². The van der Waals surface area contributed by atoms with E-state index in [4.69, 9.17) is 0 Å². The van der Waals surface area contributed by atoms with Crippen molar-refractivity contribution < 1.29 is 4.79 Å². The molecule has 2 heterocycles. The van der Waals surface area contributed by atoms with Gasteiger partial charge in [-0.1, -0.05) is 19.8 Å². The van der Waals surface area contributed by atoms with Crippen LogP contribution in [0.4, 0.5) is 0 Å². The predicted molar refractivity (Wildman–Crippen MR) is 75.9 cm³/mol. The number of hydrogen-bond acceptors (Lipinski definition) is 3. The van der Waals surface area contributed by atoms with Gasteiger partial charge in [0, 0.05) is 12.1 Å². The Morgan fingerprint density at radius 1 is 1.21 bits per heavy atom. The standard InChI is InChI=1S/C15H27N3O/c1-10-9-16-7-6-12(10)18-15(19)14-8-11-4-2-3-5-13(11)17-14/h10-14,16-17H,2-9H2,1H3,(H,18,19). The summed E-state index contributed by atoms with van der Waals surface area (Å²) < 4.78 is 0. The van der Waals surface area contributed by atoms with Crippen LogP contribution in [0.1, 0.15) is 45.4 Å². The van der Waals surface area contributed by atoms with Crippen LogP contribution in [0.2, 0.25) is 0 Å². The third-order valence-corrected chi connectivity index (χ3v) is 5.29. The zero-order valence-corrected chi connectivity index (χ0v) is 12.0. The minimum atomic E-state index is 0.0650. The number of carbonyl (C=O) groups excluding carboxylic acids is 1. The van der Waals surface area contributed by atoms with Crippen molar-refractivity contribution in [1.82, 2.24) is 16.0 Å². The van der Waals surface area contributed by atoms with Gasteiger partial charge < -0.3 is 16.0 Å². The first-order valence-corrected chi connectivity index (χ1v) is 8.01. The van der Waals surface area contributed by atoms with Crippen molar-refractivity contribution in [2.45, 2.75) is 63.6 Å². The number of rotatable bonds is 2. The van der Waals surface area contributed by atoms with E-state index in [1.165, 1.54) is 25.7 Å². The second-order valence-electron chi connectivity index (χ2n) is 6.69. The van der Waals surface area contributed by atoms with Crippen molar-refractivity contribution in [3.8, 4) is 0 Å². The van der Waals surface area contributed by atoms with Crippen molar-refractivity contribution >= 4 is 5.91 Å². The molecule has 5 atom stereocenters. The van der Waals surface area contributed by atoms with Crippen molar-refractivity contribution in [1.29, 1.82) is 0 Å². The maximum absolute atomic E-state index is 12.4. The van der Waals surface area contributed by atoms with Crippen LogP contribution in [0.5, 0.6) is 0 Å². The molecule has 0 radical (unpaired) electrons. The second kappa shape index (κ2) is 5.80. The van der Waals surface area contributed by atoms with Crippen LogP contribution in [0.25, 0.3) is 0 Å². The molecule has 2 saturated heterocycles. The van der Waals surface area contributed by atoms with E-state index in [0.29, 0.717) is 18.0 Å². The summed E-state index contributed by atoms with van der Waals surface area (Å²) in [6, 6.07) is 1.03. The Morgan fingerprint density at radius 3 is 2.84 bits per heavy atom. The van der Waals surface area contributed by atoms with E-state index >= 15 is 0 Å². The SMILES string of the molecule is CC1CNCCC1NC(=O)C1CC2CCCCC2N1. The quantitative estimate of drug-likeness (QED) is 0.699. The molecular formula is C15H27N3O. The molecule has 0 aromatic rings. The maximum Gasteiger partial charge on any atom is 0.237 e. The van der Waals surface area contributed by atoms with E-state index in [0.717, 1.165) is 31.8 Å². The maximum atomic E-state index is 12.4. The molecule has 0 aromatic heterocycles. The number of carbonyl (C=O) groups is 1. The third kappa shape index (κ3) is 2.95. The number of piperidine rings is 1. The number of fused-ring (bicyclic) bond motifs is 1. The second-order valence-corrected chi connectivity index (χ2v) is 6.69. The molecule has 1 saturated carbocycles. The molecule has 3 aliphatic rings. The molecular weight excluding hydrogens is 238 g/mol. The molecule has 3 N–H and O–H groups in total. The Morgan fingerprint density at radius 2 is 2.05 bits per heavy atom. The average Bonchev–Trinajstić information content (AvgIpc) is 2.85. The molecule has 2 aliphatic heterocycles. The van der Waals surface area contributed by atoms with Gasteiger partial charge >= 0.3 is 0 Å². The van der Waals surface area contributed by atoms with Gasteiger partial charge in [-0.15, -0.1) is 0 Å². The van der Waals surface area contributed by atoms with Gasteiger partial charge in [0.2, 0.25) is 5.91 Å². The Labute approximate surface area is 116 Å². The lowest BCUT2D eigenvalue weighted by Gasteiger charge is -2.31. The normalized spacial score (nSPS) is 42.7. The number of amides is 1. The zero-order chi connectivity index (χ0) is 13.2. The molecule has 0 spiro atoms. The molecule has 108 valence electrons. The van der Waals surface area contributed by atoms with Gasteiger partial charge in [-0.25, -0.2) is 0 Å². The fourth-order valence-corrected chi connectivity index (χ4v) is 4.03. The van der Waals surface area contributed by atoms with Gasteiger partial charge in [-0.3, -0.25) is 4.79 Å². The average molecular weight is 265 g/mol. The molecule has 1 amide bonds. The summed E-state index contributed by atoms with van der Waals surface area (Å²) in [6.45, 7) is 4.27. The first-order chi connectivity index (χ1) is 9.24. The molecule has 4 heteroatoms. The lowest BCUT2D eigenvalue weighted by molar-refractivity contribution is -0.124. The molecule has 3 fully saturated rings. The Bertz CT molecular complexity index is 319. The van der Waals surface area contributed by atoms with Crippen molar-refractivity contribution in [2.24, 2.45) is 11.8 Å². The van der Waals surface area contributed by atoms with Crippen LogP contribution in [0, 0.1) is 11.8 Å². The van der Waals surface area contributed by atoms with Crippen LogP contribution < -0.4 is 16.0 Å². The molecule has 0 aromatic carbocycles. The summed E-state index contributed by atoms with van der Waals surface area (Å²) in [5, 5.41) is 10.2. The van der Waals surface area contributed by atoms with E-state index in [-0.39, 0.29) is 11.9 Å². The molecule has 5 unspecified atom stereocenters. The first kappa shape index (κ1) is 13.4. The lowest BCUT2D eigenvalue weighted by Crippen LogP contribution is -2.52. The highest BCUT2D eigenvalue weighted by atomic mass is 16.2. The highest BCUT2D eigenvalue weighted by Gasteiger charge is 2.38. The number of nitrogens with one attached hydrogen (secondary N) is 3. The third-order valence-electron chi connectivity index (χ3n) is 5.29. The Hall–Kier alpha value is -0.610. The summed E-state index contributed by atoms with van der Waals surface area (Å²) in [4.78, 5) is 12.4. The fourth-order valence-electron chi connectivity index (χ4n) is 4.03. The van der Waals surface area contributed by atoms with Crippen LogP contribution in [-0.4, -0.2) is 37.1 Å². The van der Waals surface area contributed by atoms with Crippen LogP contribution in [0.3, 0.4) is 0 Å². The predicted octanol–water partition coefficient (Wildman–Crippen LogP) is 1.02. The summed E-state index contributed by atoms with van der Waals surface area (Å²) in [6.07, 6.45) is 7.36. The van der Waals surface area contributed by atoms with Crippen LogP contribution >= 0.6 is 0 Å². The topological polar surface area (TPSA) is 53.2 Å². The van der Waals surface area contributed by atoms with E-state index in [1.54, 1.807) is 0 Å². The Kier molecular flexibility index (Phi) is 4.08. The Balaban J connectivity index is 1.53. The van der Waals surface area contributed by atoms with E-state index < -0.39 is 0 Å². The van der Waals surface area contributed by atoms with Gasteiger partial charge in [0.1, 0.15) is 0 Å². The van der Waals surface area contributed by atoms with Gasteiger partial charge in [0.15, 0.2) is 0 Å². The zero-order valence-electron chi connectivity index (χ0n) is 12.0. The van der Waals surface area contributed by atoms with Crippen LogP contribution in [0.15, 0.2) is 0 Å². The summed E-state index contributed by atoms with van der Waals surface area (Å²) >= 11 is 0. The molecule has 19 heavy (non-hydrogen) atoms. The van der Waals surface area contributed by atoms with Crippen molar-refractivity contribution in [3.05, 3.63) is 0 Å². The summed E-state index contributed by atoms with van der Waals surface area (Å²) in [5.41, 5.74) is 0. The highest BCUT2D eigenvalue weighted by molar-refractivity contribution is 5.82. The summed E-state index contributed by atoms with van der Waals surface area (Å²) in [5.74, 6) is 1.53. The molecule has 1 aliphatic carbocycles. The van der Waals surface area contributed by atoms with Crippen molar-refractivity contribution in [2.75, 3.05) is 13.1 Å². The van der Waals surface area contributed by atoms with Gasteiger partial charge in [0.25, 0.3) is 0 Å². The van der Waals surface area contributed by atoms with Gasteiger partial charge in [-0.2, -0.15) is 0 Å². The van der Waals surface area contributed by atoms with Crippen LogP contribution in [-0.2, 0) is 4.79 Å². The van der Waals surface area contributed by atoms with Gasteiger partial charge in [0.05, 0.1) is 6.04 Å². The van der Waals surface area contributed by atoms with E-state index in [1.807, 2.05) is 0 Å². The van der Waals surface area contributed by atoms with Crippen molar-refractivity contribution in [3.63, 3.8) is 0 Å². The fraction of sp³-hybridized carbons (Fsp3) is 0.933. The molecule has 0 bridgehead atoms. The largest absolute Gasteiger partial charge is 0.352 e. The van der Waals surface area contributed by atoms with E-state index in [9.17, 15) is 4.79 Å². The summed E-state index contributed by atoms with van der Waals surface area (Å²) in [7, 11) is 0. The first-order valence-electron chi connectivity index (χ1n) is 8.01. The minimum Gasteiger partial charge on any atom is -0.352 e. The highest BCUT2D eigenvalue weighted by Crippen LogP contribution is 2.33. The van der Waals surface area contributed by atoms with Gasteiger partial charge in [-0.05, 0) is 50.6 Å².